The fourth-order valence-electron chi connectivity index (χ4n) is 2.51. The summed E-state index contributed by atoms with van der Waals surface area (Å²) in [4.78, 5) is 13.8. The van der Waals surface area contributed by atoms with E-state index in [1.165, 1.54) is 0 Å². The quantitative estimate of drug-likeness (QED) is 0.890. The Kier molecular flexibility index (Phi) is 4.45. The van der Waals surface area contributed by atoms with Gasteiger partial charge in [-0.15, -0.1) is 0 Å². The molecule has 1 aliphatic rings. The Morgan fingerprint density at radius 2 is 2.00 bits per heavy atom. The Bertz CT molecular complexity index is 441. The van der Waals surface area contributed by atoms with E-state index in [4.69, 9.17) is 11.6 Å². The summed E-state index contributed by atoms with van der Waals surface area (Å²) < 4.78 is 0. The van der Waals surface area contributed by atoms with Crippen molar-refractivity contribution >= 4 is 17.6 Å². The molecule has 0 radical (unpaired) electrons. The second-order valence-corrected chi connectivity index (χ2v) is 5.41. The highest BCUT2D eigenvalue weighted by Gasteiger charge is 2.41. The molecule has 1 aromatic carbocycles. The van der Waals surface area contributed by atoms with Gasteiger partial charge >= 0.3 is 5.97 Å². The molecule has 104 valence electrons. The second kappa shape index (κ2) is 5.90. The SMILES string of the molecule is CC(C(=O)O)(c1ccc(Cl)cc1)N1CCCNCC1. The van der Waals surface area contributed by atoms with Crippen LogP contribution in [0.1, 0.15) is 18.9 Å². The van der Waals surface area contributed by atoms with Crippen LogP contribution in [0.25, 0.3) is 0 Å². The van der Waals surface area contributed by atoms with Gasteiger partial charge in [-0.3, -0.25) is 4.90 Å². The Hall–Kier alpha value is -1.10. The third kappa shape index (κ3) is 2.91. The van der Waals surface area contributed by atoms with E-state index in [1.54, 1.807) is 31.2 Å². The van der Waals surface area contributed by atoms with E-state index in [-0.39, 0.29) is 0 Å². The highest BCUT2D eigenvalue weighted by Crippen LogP contribution is 2.30. The molecule has 1 fully saturated rings. The Labute approximate surface area is 118 Å². The summed E-state index contributed by atoms with van der Waals surface area (Å²) in [7, 11) is 0. The molecule has 0 aromatic heterocycles. The van der Waals surface area contributed by atoms with E-state index in [0.717, 1.165) is 38.2 Å². The van der Waals surface area contributed by atoms with Gasteiger partial charge in [-0.2, -0.15) is 0 Å². The van der Waals surface area contributed by atoms with Crippen LogP contribution in [0.4, 0.5) is 0 Å². The lowest BCUT2D eigenvalue weighted by atomic mass is 9.89. The van der Waals surface area contributed by atoms with Crippen LogP contribution in [0.5, 0.6) is 0 Å². The van der Waals surface area contributed by atoms with Crippen LogP contribution in [0.2, 0.25) is 5.02 Å². The molecule has 19 heavy (non-hydrogen) atoms. The van der Waals surface area contributed by atoms with Crippen LogP contribution in [-0.2, 0) is 10.3 Å². The average Bonchev–Trinajstić information content (AvgIpc) is 2.67. The summed E-state index contributed by atoms with van der Waals surface area (Å²) in [6.07, 6.45) is 0.955. The minimum atomic E-state index is -1.00. The van der Waals surface area contributed by atoms with Crippen LogP contribution >= 0.6 is 11.6 Å². The number of rotatable bonds is 3. The monoisotopic (exact) mass is 282 g/mol. The molecule has 0 spiro atoms. The summed E-state index contributed by atoms with van der Waals surface area (Å²) in [5.74, 6) is -0.822. The zero-order chi connectivity index (χ0) is 13.9. The van der Waals surface area contributed by atoms with E-state index in [2.05, 4.69) is 5.32 Å². The summed E-state index contributed by atoms with van der Waals surface area (Å²) in [5, 5.41) is 13.6. The molecule has 1 aliphatic heterocycles. The van der Waals surface area contributed by atoms with Crippen LogP contribution < -0.4 is 5.32 Å². The third-order valence-corrected chi connectivity index (χ3v) is 4.05. The normalized spacial score (nSPS) is 20.5. The zero-order valence-electron chi connectivity index (χ0n) is 11.0. The van der Waals surface area contributed by atoms with Crippen LogP contribution in [0.15, 0.2) is 24.3 Å². The number of hydrogen-bond donors (Lipinski definition) is 2. The molecule has 4 nitrogen and oxygen atoms in total. The van der Waals surface area contributed by atoms with Crippen molar-refractivity contribution in [1.82, 2.24) is 10.2 Å². The van der Waals surface area contributed by atoms with Gasteiger partial charge in [0.2, 0.25) is 0 Å². The maximum atomic E-state index is 11.8. The molecule has 1 unspecified atom stereocenters. The fraction of sp³-hybridized carbons (Fsp3) is 0.500. The summed E-state index contributed by atoms with van der Waals surface area (Å²) >= 11 is 5.88. The molecule has 1 atom stereocenters. The first kappa shape index (κ1) is 14.3. The lowest BCUT2D eigenvalue weighted by Gasteiger charge is -2.37. The van der Waals surface area contributed by atoms with E-state index < -0.39 is 11.5 Å². The predicted molar refractivity (Wildman–Crippen MR) is 75.5 cm³/mol. The molecule has 0 aliphatic carbocycles. The number of carbonyl (C=O) groups is 1. The van der Waals surface area contributed by atoms with Crippen molar-refractivity contribution in [1.29, 1.82) is 0 Å². The molecule has 1 heterocycles. The molecule has 0 amide bonds. The fourth-order valence-corrected chi connectivity index (χ4v) is 2.63. The first-order valence-electron chi connectivity index (χ1n) is 6.50. The number of aliphatic carboxylic acids is 1. The lowest BCUT2D eigenvalue weighted by molar-refractivity contribution is -0.151. The molecule has 2 rings (SSSR count). The Morgan fingerprint density at radius 1 is 1.32 bits per heavy atom. The van der Waals surface area contributed by atoms with Gasteiger partial charge < -0.3 is 10.4 Å². The molecule has 0 bridgehead atoms. The average molecular weight is 283 g/mol. The molecule has 0 saturated carbocycles. The predicted octanol–water partition coefficient (Wildman–Crippen LogP) is 1.94. The topological polar surface area (TPSA) is 52.6 Å². The van der Waals surface area contributed by atoms with E-state index in [9.17, 15) is 9.90 Å². The van der Waals surface area contributed by atoms with Gasteiger partial charge in [-0.05, 0) is 37.6 Å². The smallest absolute Gasteiger partial charge is 0.328 e. The molecule has 1 aromatic rings. The first-order chi connectivity index (χ1) is 9.05. The largest absolute Gasteiger partial charge is 0.480 e. The molecule has 1 saturated heterocycles. The first-order valence-corrected chi connectivity index (χ1v) is 6.88. The van der Waals surface area contributed by atoms with Crippen LogP contribution in [0, 0.1) is 0 Å². The Balaban J connectivity index is 2.35. The van der Waals surface area contributed by atoms with Gasteiger partial charge in [0.05, 0.1) is 0 Å². The maximum absolute atomic E-state index is 11.8. The number of halogens is 1. The van der Waals surface area contributed by atoms with E-state index in [1.807, 2.05) is 4.90 Å². The highest BCUT2D eigenvalue weighted by molar-refractivity contribution is 6.30. The van der Waals surface area contributed by atoms with E-state index >= 15 is 0 Å². The third-order valence-electron chi connectivity index (χ3n) is 3.80. The summed E-state index contributed by atoms with van der Waals surface area (Å²) in [6, 6.07) is 7.09. The van der Waals surface area contributed by atoms with Gasteiger partial charge in [0.25, 0.3) is 0 Å². The van der Waals surface area contributed by atoms with Crippen molar-refractivity contribution in [2.45, 2.75) is 18.9 Å². The van der Waals surface area contributed by atoms with Crippen molar-refractivity contribution in [3.8, 4) is 0 Å². The van der Waals surface area contributed by atoms with Gasteiger partial charge in [-0.25, -0.2) is 4.79 Å². The van der Waals surface area contributed by atoms with Gasteiger partial charge in [0.1, 0.15) is 5.54 Å². The summed E-state index contributed by atoms with van der Waals surface area (Å²) in [5.41, 5.74) is -0.234. The number of carboxylic acid groups (broad SMARTS) is 1. The van der Waals surface area contributed by atoms with Crippen molar-refractivity contribution in [3.63, 3.8) is 0 Å². The van der Waals surface area contributed by atoms with Gasteiger partial charge in [-0.1, -0.05) is 23.7 Å². The second-order valence-electron chi connectivity index (χ2n) is 4.97. The zero-order valence-corrected chi connectivity index (χ0v) is 11.8. The number of benzene rings is 1. The minimum Gasteiger partial charge on any atom is -0.480 e. The van der Waals surface area contributed by atoms with Gasteiger partial charge in [0, 0.05) is 24.7 Å². The standard InChI is InChI=1S/C14H19ClN2O2/c1-14(13(18)19,11-3-5-12(15)6-4-11)17-9-2-7-16-8-10-17/h3-6,16H,2,7-10H2,1H3,(H,18,19). The van der Waals surface area contributed by atoms with Crippen molar-refractivity contribution in [2.24, 2.45) is 0 Å². The lowest BCUT2D eigenvalue weighted by Crippen LogP contribution is -2.51. The molecule has 2 N–H and O–H groups in total. The Morgan fingerprint density at radius 3 is 2.63 bits per heavy atom. The van der Waals surface area contributed by atoms with Crippen LogP contribution in [0.3, 0.4) is 0 Å². The summed E-state index contributed by atoms with van der Waals surface area (Å²) in [6.45, 7) is 5.02. The van der Waals surface area contributed by atoms with E-state index in [0.29, 0.717) is 5.02 Å². The minimum absolute atomic E-state index is 0.619. The number of carboxylic acids is 1. The molecular weight excluding hydrogens is 264 g/mol. The van der Waals surface area contributed by atoms with Crippen molar-refractivity contribution in [3.05, 3.63) is 34.9 Å². The number of nitrogens with zero attached hydrogens (tertiary/aromatic N) is 1. The van der Waals surface area contributed by atoms with Gasteiger partial charge in [0.15, 0.2) is 0 Å². The number of nitrogens with one attached hydrogen (secondary N) is 1. The van der Waals surface area contributed by atoms with Crippen LogP contribution in [-0.4, -0.2) is 42.2 Å². The highest BCUT2D eigenvalue weighted by atomic mass is 35.5. The molecular formula is C14H19ClN2O2. The maximum Gasteiger partial charge on any atom is 0.328 e. The molecule has 5 heteroatoms. The number of hydrogen-bond acceptors (Lipinski definition) is 3. The van der Waals surface area contributed by atoms with Crippen molar-refractivity contribution < 1.29 is 9.90 Å². The van der Waals surface area contributed by atoms with Crippen molar-refractivity contribution in [2.75, 3.05) is 26.2 Å².